The van der Waals surface area contributed by atoms with Crippen molar-refractivity contribution in [1.29, 1.82) is 5.41 Å². The van der Waals surface area contributed by atoms with E-state index in [-0.39, 0.29) is 0 Å². The number of hydrogen-bond acceptors (Lipinski definition) is 2. The molecule has 2 heteroatoms. The van der Waals surface area contributed by atoms with Crippen LogP contribution in [0.5, 0.6) is 0 Å². The van der Waals surface area contributed by atoms with E-state index in [4.69, 9.17) is 5.41 Å². The van der Waals surface area contributed by atoms with Crippen molar-refractivity contribution in [1.82, 2.24) is 0 Å². The predicted octanol–water partition coefficient (Wildman–Crippen LogP) is 1.63. The average Bonchev–Trinajstić information content (AvgIpc) is 1.83. The first kappa shape index (κ1) is 7.08. The molecule has 0 aromatic heterocycles. The fraction of sp³-hybridized carbons (Fsp3) is 0.333. The van der Waals surface area contributed by atoms with E-state index in [1.165, 1.54) is 6.21 Å². The van der Waals surface area contributed by atoms with Crippen molar-refractivity contribution in [3.8, 4) is 0 Å². The molecule has 0 amide bonds. The van der Waals surface area contributed by atoms with Crippen LogP contribution in [0.25, 0.3) is 0 Å². The Morgan fingerprint density at radius 2 is 2.50 bits per heavy atom. The average molecular weight is 110 g/mol. The van der Waals surface area contributed by atoms with Crippen molar-refractivity contribution in [3.05, 3.63) is 11.8 Å². The summed E-state index contributed by atoms with van der Waals surface area (Å²) >= 11 is 0. The van der Waals surface area contributed by atoms with Gasteiger partial charge < -0.3 is 5.41 Å². The highest BCUT2D eigenvalue weighted by Gasteiger charge is 1.81. The Morgan fingerprint density at radius 1 is 1.88 bits per heavy atom. The molecule has 0 saturated carbocycles. The van der Waals surface area contributed by atoms with Crippen LogP contribution in [0.4, 0.5) is 0 Å². The first-order chi connectivity index (χ1) is 3.85. The third-order valence-electron chi connectivity index (χ3n) is 0.841. The van der Waals surface area contributed by atoms with Gasteiger partial charge in [0, 0.05) is 11.9 Å². The van der Waals surface area contributed by atoms with Gasteiger partial charge in [0.25, 0.3) is 0 Å². The lowest BCUT2D eigenvalue weighted by Crippen LogP contribution is -1.72. The van der Waals surface area contributed by atoms with E-state index in [9.17, 15) is 0 Å². The summed E-state index contributed by atoms with van der Waals surface area (Å²) in [4.78, 5) is 3.66. The number of aliphatic imine (C=N–C) groups is 1. The van der Waals surface area contributed by atoms with Crippen molar-refractivity contribution in [2.45, 2.75) is 13.3 Å². The normalized spacial score (nSPS) is 10.9. The van der Waals surface area contributed by atoms with E-state index >= 15 is 0 Å². The second-order valence-electron chi connectivity index (χ2n) is 1.34. The monoisotopic (exact) mass is 110 g/mol. The van der Waals surface area contributed by atoms with Crippen molar-refractivity contribution in [2.75, 3.05) is 0 Å². The first-order valence-corrected chi connectivity index (χ1v) is 2.51. The van der Waals surface area contributed by atoms with Gasteiger partial charge in [-0.25, -0.2) is 0 Å². The molecule has 0 heterocycles. The Hall–Kier alpha value is -0.920. The summed E-state index contributed by atoms with van der Waals surface area (Å²) in [6, 6.07) is 0. The number of rotatable bonds is 3. The summed E-state index contributed by atoms with van der Waals surface area (Å²) in [6.07, 6.45) is 3.69. The summed E-state index contributed by atoms with van der Waals surface area (Å²) in [7, 11) is 0. The zero-order valence-corrected chi connectivity index (χ0v) is 5.02. The van der Waals surface area contributed by atoms with Gasteiger partial charge in [-0.05, 0) is 19.2 Å². The van der Waals surface area contributed by atoms with Gasteiger partial charge in [0.05, 0.1) is 0 Å². The van der Waals surface area contributed by atoms with Crippen LogP contribution < -0.4 is 0 Å². The Balaban J connectivity index is 3.84. The predicted molar refractivity (Wildman–Crippen MR) is 36.7 cm³/mol. The van der Waals surface area contributed by atoms with Crippen LogP contribution >= 0.6 is 0 Å². The molecular formula is C6H10N2. The third-order valence-corrected chi connectivity index (χ3v) is 0.841. The summed E-state index contributed by atoms with van der Waals surface area (Å²) in [5.41, 5.74) is 0.861. The van der Waals surface area contributed by atoms with E-state index in [1.807, 2.05) is 6.92 Å². The lowest BCUT2D eigenvalue weighted by molar-refractivity contribution is 1.08. The maximum Gasteiger partial charge on any atom is 0.0408 e. The molecule has 8 heavy (non-hydrogen) atoms. The fourth-order valence-corrected chi connectivity index (χ4v) is 0.379. The van der Waals surface area contributed by atoms with E-state index in [0.29, 0.717) is 0 Å². The van der Waals surface area contributed by atoms with Gasteiger partial charge in [0.15, 0.2) is 0 Å². The van der Waals surface area contributed by atoms with Crippen LogP contribution in [0.3, 0.4) is 0 Å². The second kappa shape index (κ2) is 4.24. The molecule has 0 bridgehead atoms. The quantitative estimate of drug-likeness (QED) is 0.536. The van der Waals surface area contributed by atoms with Crippen molar-refractivity contribution < 1.29 is 0 Å². The van der Waals surface area contributed by atoms with Gasteiger partial charge in [0.1, 0.15) is 0 Å². The summed E-state index contributed by atoms with van der Waals surface area (Å²) in [6.45, 7) is 5.31. The SMILES string of the molecule is C=N/C(=C\C=N)CC. The van der Waals surface area contributed by atoms with E-state index in [2.05, 4.69) is 11.7 Å². The van der Waals surface area contributed by atoms with Gasteiger partial charge in [-0.2, -0.15) is 0 Å². The second-order valence-corrected chi connectivity index (χ2v) is 1.34. The molecule has 0 aliphatic rings. The van der Waals surface area contributed by atoms with Gasteiger partial charge in [0.2, 0.25) is 0 Å². The Bertz CT molecular complexity index is 114. The number of allylic oxidation sites excluding steroid dienone is 2. The summed E-state index contributed by atoms with van der Waals surface area (Å²) in [5.74, 6) is 0. The first-order valence-electron chi connectivity index (χ1n) is 2.51. The molecule has 0 rings (SSSR count). The maximum atomic E-state index is 6.65. The third kappa shape index (κ3) is 2.29. The van der Waals surface area contributed by atoms with E-state index in [0.717, 1.165) is 12.1 Å². The maximum absolute atomic E-state index is 6.65. The standard InChI is InChI=1S/C6H10N2/c1-3-6(8-2)4-5-7/h4-5,7H,2-3H2,1H3/b6-4-,7-5?. The smallest absolute Gasteiger partial charge is 0.0408 e. The molecule has 0 radical (unpaired) electrons. The van der Waals surface area contributed by atoms with E-state index < -0.39 is 0 Å². The molecule has 0 saturated heterocycles. The molecule has 0 aliphatic heterocycles. The van der Waals surface area contributed by atoms with Crippen molar-refractivity contribution >= 4 is 12.9 Å². The lowest BCUT2D eigenvalue weighted by Gasteiger charge is -1.88. The zero-order valence-electron chi connectivity index (χ0n) is 5.02. The summed E-state index contributed by atoms with van der Waals surface area (Å²) < 4.78 is 0. The van der Waals surface area contributed by atoms with Crippen LogP contribution in [0.15, 0.2) is 16.8 Å². The van der Waals surface area contributed by atoms with Crippen molar-refractivity contribution in [3.63, 3.8) is 0 Å². The minimum atomic E-state index is 0.846. The molecule has 0 aromatic carbocycles. The zero-order chi connectivity index (χ0) is 6.41. The summed E-state index contributed by atoms with van der Waals surface area (Å²) in [5, 5.41) is 6.65. The molecule has 0 aromatic rings. The van der Waals surface area contributed by atoms with Crippen LogP contribution in [0, 0.1) is 5.41 Å². The fourth-order valence-electron chi connectivity index (χ4n) is 0.379. The minimum Gasteiger partial charge on any atom is -0.309 e. The lowest BCUT2D eigenvalue weighted by atomic mass is 10.3. The van der Waals surface area contributed by atoms with Crippen molar-refractivity contribution in [2.24, 2.45) is 4.99 Å². The van der Waals surface area contributed by atoms with Crippen LogP contribution in [0.2, 0.25) is 0 Å². The van der Waals surface area contributed by atoms with Gasteiger partial charge in [-0.3, -0.25) is 4.99 Å². The number of nitrogens with one attached hydrogen (secondary N) is 1. The number of nitrogens with zero attached hydrogens (tertiary/aromatic N) is 1. The minimum absolute atomic E-state index is 0.846. The Labute approximate surface area is 49.5 Å². The van der Waals surface area contributed by atoms with E-state index in [1.54, 1.807) is 6.08 Å². The highest BCUT2D eigenvalue weighted by molar-refractivity contribution is 5.69. The Morgan fingerprint density at radius 3 is 2.62 bits per heavy atom. The molecular weight excluding hydrogens is 100 g/mol. The van der Waals surface area contributed by atoms with Crippen LogP contribution in [-0.4, -0.2) is 12.9 Å². The van der Waals surface area contributed by atoms with Crippen LogP contribution in [-0.2, 0) is 0 Å². The molecule has 0 spiro atoms. The van der Waals surface area contributed by atoms with Gasteiger partial charge >= 0.3 is 0 Å². The molecule has 44 valence electrons. The Kier molecular flexibility index (Phi) is 3.76. The molecule has 1 N–H and O–H groups in total. The molecule has 0 atom stereocenters. The van der Waals surface area contributed by atoms with Gasteiger partial charge in [-0.1, -0.05) is 6.92 Å². The molecule has 0 unspecified atom stereocenters. The highest BCUT2D eigenvalue weighted by Crippen LogP contribution is 1.97. The van der Waals surface area contributed by atoms with Crippen LogP contribution in [0.1, 0.15) is 13.3 Å². The number of hydrogen-bond donors (Lipinski definition) is 1. The molecule has 2 nitrogen and oxygen atoms in total. The molecule has 0 fully saturated rings. The van der Waals surface area contributed by atoms with Gasteiger partial charge in [-0.15, -0.1) is 0 Å². The highest BCUT2D eigenvalue weighted by atomic mass is 14.7. The molecule has 0 aliphatic carbocycles. The largest absolute Gasteiger partial charge is 0.309 e. The topological polar surface area (TPSA) is 36.2 Å².